The van der Waals surface area contributed by atoms with Crippen molar-refractivity contribution in [1.29, 1.82) is 0 Å². The number of rotatable bonds is 6. The molecule has 1 N–H and O–H groups in total. The minimum atomic E-state index is -0.478. The van der Waals surface area contributed by atoms with E-state index in [0.717, 1.165) is 12.8 Å². The van der Waals surface area contributed by atoms with E-state index in [9.17, 15) is 9.18 Å². The Morgan fingerprint density at radius 1 is 1.61 bits per heavy atom. The summed E-state index contributed by atoms with van der Waals surface area (Å²) in [6, 6.07) is 4.08. The first-order valence-electron chi connectivity index (χ1n) is 5.83. The average Bonchev–Trinajstić information content (AvgIpc) is 2.35. The standard InChI is InChI=1S/C14H18FNO2/c1-4-5-6-10(2)16-13-9-11(15)7-8-12(13)14(17)18-3/h4,7-10,16H,1,5-6H2,2-3H3. The Morgan fingerprint density at radius 2 is 2.33 bits per heavy atom. The Balaban J connectivity index is 2.88. The lowest BCUT2D eigenvalue weighted by Crippen LogP contribution is -2.17. The van der Waals surface area contributed by atoms with E-state index in [1.165, 1.54) is 25.3 Å². The van der Waals surface area contributed by atoms with Crippen molar-refractivity contribution in [2.75, 3.05) is 12.4 Å². The van der Waals surface area contributed by atoms with Crippen LogP contribution in [0.1, 0.15) is 30.1 Å². The number of hydrogen-bond acceptors (Lipinski definition) is 3. The van der Waals surface area contributed by atoms with Crippen LogP contribution in [0.3, 0.4) is 0 Å². The van der Waals surface area contributed by atoms with E-state index in [-0.39, 0.29) is 11.9 Å². The molecule has 0 saturated carbocycles. The number of esters is 1. The van der Waals surface area contributed by atoms with Crippen LogP contribution in [0.25, 0.3) is 0 Å². The van der Waals surface area contributed by atoms with Gasteiger partial charge in [-0.3, -0.25) is 0 Å². The van der Waals surface area contributed by atoms with Crippen molar-refractivity contribution in [3.05, 3.63) is 42.2 Å². The normalized spacial score (nSPS) is 11.7. The molecule has 0 aromatic heterocycles. The lowest BCUT2D eigenvalue weighted by molar-refractivity contribution is 0.0601. The van der Waals surface area contributed by atoms with E-state index < -0.39 is 5.97 Å². The molecule has 0 spiro atoms. The highest BCUT2D eigenvalue weighted by Crippen LogP contribution is 2.20. The summed E-state index contributed by atoms with van der Waals surface area (Å²) < 4.78 is 17.9. The Labute approximate surface area is 107 Å². The molecule has 4 heteroatoms. The van der Waals surface area contributed by atoms with Crippen LogP contribution >= 0.6 is 0 Å². The number of carbonyl (C=O) groups is 1. The quantitative estimate of drug-likeness (QED) is 0.622. The fourth-order valence-corrected chi connectivity index (χ4v) is 1.63. The van der Waals surface area contributed by atoms with Gasteiger partial charge in [-0.2, -0.15) is 0 Å². The van der Waals surface area contributed by atoms with Gasteiger partial charge in [0.05, 0.1) is 18.4 Å². The maximum atomic E-state index is 13.2. The maximum Gasteiger partial charge on any atom is 0.339 e. The van der Waals surface area contributed by atoms with Gasteiger partial charge in [-0.15, -0.1) is 6.58 Å². The van der Waals surface area contributed by atoms with Crippen LogP contribution in [0, 0.1) is 5.82 Å². The number of benzene rings is 1. The highest BCUT2D eigenvalue weighted by atomic mass is 19.1. The van der Waals surface area contributed by atoms with Gasteiger partial charge < -0.3 is 10.1 Å². The summed E-state index contributed by atoms with van der Waals surface area (Å²) in [5.74, 6) is -0.866. The van der Waals surface area contributed by atoms with Gasteiger partial charge in [0.25, 0.3) is 0 Å². The molecule has 1 unspecified atom stereocenters. The van der Waals surface area contributed by atoms with Crippen LogP contribution in [0.4, 0.5) is 10.1 Å². The summed E-state index contributed by atoms with van der Waals surface area (Å²) in [6.07, 6.45) is 3.54. The van der Waals surface area contributed by atoms with Crippen molar-refractivity contribution < 1.29 is 13.9 Å². The predicted molar refractivity (Wildman–Crippen MR) is 70.3 cm³/mol. The van der Waals surface area contributed by atoms with E-state index in [1.807, 2.05) is 13.0 Å². The topological polar surface area (TPSA) is 38.3 Å². The summed E-state index contributed by atoms with van der Waals surface area (Å²) in [6.45, 7) is 5.62. The maximum absolute atomic E-state index is 13.2. The highest BCUT2D eigenvalue weighted by molar-refractivity contribution is 5.95. The second-order valence-electron chi connectivity index (χ2n) is 4.09. The highest BCUT2D eigenvalue weighted by Gasteiger charge is 2.14. The summed E-state index contributed by atoms with van der Waals surface area (Å²) in [4.78, 5) is 11.5. The first-order valence-corrected chi connectivity index (χ1v) is 5.83. The summed E-state index contributed by atoms with van der Waals surface area (Å²) in [7, 11) is 1.30. The summed E-state index contributed by atoms with van der Waals surface area (Å²) in [5, 5.41) is 3.11. The number of anilines is 1. The lowest BCUT2D eigenvalue weighted by atomic mass is 10.1. The molecule has 0 aliphatic rings. The molecule has 0 saturated heterocycles. The van der Waals surface area contributed by atoms with E-state index in [2.05, 4.69) is 16.6 Å². The number of halogens is 1. The molecule has 0 amide bonds. The third-order valence-electron chi connectivity index (χ3n) is 2.59. The van der Waals surface area contributed by atoms with Crippen molar-refractivity contribution >= 4 is 11.7 Å². The van der Waals surface area contributed by atoms with Gasteiger partial charge in [-0.1, -0.05) is 6.08 Å². The molecule has 1 aromatic rings. The van der Waals surface area contributed by atoms with Gasteiger partial charge in [-0.05, 0) is 38.0 Å². The number of allylic oxidation sites excluding steroid dienone is 1. The van der Waals surface area contributed by atoms with Crippen LogP contribution in [0.15, 0.2) is 30.9 Å². The van der Waals surface area contributed by atoms with Crippen molar-refractivity contribution in [2.24, 2.45) is 0 Å². The molecule has 3 nitrogen and oxygen atoms in total. The van der Waals surface area contributed by atoms with Crippen molar-refractivity contribution in [2.45, 2.75) is 25.8 Å². The van der Waals surface area contributed by atoms with Gasteiger partial charge in [0.2, 0.25) is 0 Å². The zero-order chi connectivity index (χ0) is 13.5. The number of nitrogens with one attached hydrogen (secondary N) is 1. The Hall–Kier alpha value is -1.84. The SMILES string of the molecule is C=CCCC(C)Nc1cc(F)ccc1C(=O)OC. The number of ether oxygens (including phenoxy) is 1. The first kappa shape index (κ1) is 14.2. The third kappa shape index (κ3) is 3.87. The summed E-state index contributed by atoms with van der Waals surface area (Å²) in [5.41, 5.74) is 0.794. The molecule has 1 rings (SSSR count). The molecule has 18 heavy (non-hydrogen) atoms. The van der Waals surface area contributed by atoms with Crippen molar-refractivity contribution in [1.82, 2.24) is 0 Å². The Morgan fingerprint density at radius 3 is 2.94 bits per heavy atom. The van der Waals surface area contributed by atoms with Crippen molar-refractivity contribution in [3.8, 4) is 0 Å². The molecule has 0 radical (unpaired) electrons. The first-order chi connectivity index (χ1) is 8.58. The number of methoxy groups -OCH3 is 1. The summed E-state index contributed by atoms with van der Waals surface area (Å²) >= 11 is 0. The number of carbonyl (C=O) groups excluding carboxylic acids is 1. The van der Waals surface area contributed by atoms with Gasteiger partial charge in [0.15, 0.2) is 0 Å². The van der Waals surface area contributed by atoms with Gasteiger partial charge in [0.1, 0.15) is 5.82 Å². The zero-order valence-corrected chi connectivity index (χ0v) is 10.7. The molecule has 0 aliphatic carbocycles. The van der Waals surface area contributed by atoms with E-state index >= 15 is 0 Å². The predicted octanol–water partition coefficient (Wildman–Crippen LogP) is 3.38. The van der Waals surface area contributed by atoms with Crippen molar-refractivity contribution in [3.63, 3.8) is 0 Å². The molecule has 0 aliphatic heterocycles. The molecule has 0 bridgehead atoms. The van der Waals surface area contributed by atoms with Crippen LogP contribution in [0.2, 0.25) is 0 Å². The fraction of sp³-hybridized carbons (Fsp3) is 0.357. The van der Waals surface area contributed by atoms with Crippen LogP contribution < -0.4 is 5.32 Å². The smallest absolute Gasteiger partial charge is 0.339 e. The molecule has 0 heterocycles. The van der Waals surface area contributed by atoms with Gasteiger partial charge in [-0.25, -0.2) is 9.18 Å². The van der Waals surface area contributed by atoms with Crippen LogP contribution in [-0.2, 0) is 4.74 Å². The van der Waals surface area contributed by atoms with Gasteiger partial charge >= 0.3 is 5.97 Å². The molecular weight excluding hydrogens is 233 g/mol. The molecule has 1 aromatic carbocycles. The second-order valence-corrected chi connectivity index (χ2v) is 4.09. The minimum absolute atomic E-state index is 0.119. The molecule has 0 fully saturated rings. The second kappa shape index (κ2) is 6.79. The largest absolute Gasteiger partial charge is 0.465 e. The van der Waals surface area contributed by atoms with E-state index in [1.54, 1.807) is 0 Å². The zero-order valence-electron chi connectivity index (χ0n) is 10.7. The van der Waals surface area contributed by atoms with E-state index in [4.69, 9.17) is 0 Å². The molecule has 98 valence electrons. The lowest BCUT2D eigenvalue weighted by Gasteiger charge is -2.16. The fourth-order valence-electron chi connectivity index (χ4n) is 1.63. The monoisotopic (exact) mass is 251 g/mol. The minimum Gasteiger partial charge on any atom is -0.465 e. The number of hydrogen-bond donors (Lipinski definition) is 1. The Bertz CT molecular complexity index is 432. The third-order valence-corrected chi connectivity index (χ3v) is 2.59. The Kier molecular flexibility index (Phi) is 5.36. The van der Waals surface area contributed by atoms with E-state index in [0.29, 0.717) is 11.3 Å². The molecule has 1 atom stereocenters. The molecular formula is C14H18FNO2. The van der Waals surface area contributed by atoms with Crippen LogP contribution in [-0.4, -0.2) is 19.1 Å². The average molecular weight is 251 g/mol. The van der Waals surface area contributed by atoms with Gasteiger partial charge in [0, 0.05) is 6.04 Å². The van der Waals surface area contributed by atoms with Crippen LogP contribution in [0.5, 0.6) is 0 Å².